The van der Waals surface area contributed by atoms with Crippen LogP contribution in [-0.4, -0.2) is 0 Å². The van der Waals surface area contributed by atoms with E-state index in [1.165, 1.54) is 83.5 Å². The molecule has 0 amide bonds. The Balaban J connectivity index is 3.43. The Morgan fingerprint density at radius 1 is 0.611 bits per heavy atom. The summed E-state index contributed by atoms with van der Waals surface area (Å²) < 4.78 is 0. The number of rotatable bonds is 14. The summed E-state index contributed by atoms with van der Waals surface area (Å²) in [6.45, 7) is 6.91. The lowest BCUT2D eigenvalue weighted by Crippen LogP contribution is -2.01. The van der Waals surface area contributed by atoms with Crippen LogP contribution in [0, 0.1) is 12.3 Å². The van der Waals surface area contributed by atoms with Gasteiger partial charge in [-0.15, -0.1) is 0 Å². The summed E-state index contributed by atoms with van der Waals surface area (Å²) in [7, 11) is 0. The van der Waals surface area contributed by atoms with Gasteiger partial charge in [-0.2, -0.15) is 0 Å². The molecule has 0 aromatic rings. The first-order valence-electron chi connectivity index (χ1n) is 8.68. The van der Waals surface area contributed by atoms with Crippen LogP contribution in [0.1, 0.15) is 104 Å². The zero-order chi connectivity index (χ0) is 13.5. The molecule has 0 aromatic carbocycles. The van der Waals surface area contributed by atoms with Crippen molar-refractivity contribution in [2.24, 2.45) is 5.92 Å². The minimum atomic E-state index is 0.917. The number of hydrogen-bond acceptors (Lipinski definition) is 0. The van der Waals surface area contributed by atoms with Gasteiger partial charge in [-0.05, 0) is 18.8 Å². The Labute approximate surface area is 117 Å². The predicted molar refractivity (Wildman–Crippen MR) is 84.8 cm³/mol. The lowest BCUT2D eigenvalue weighted by atomic mass is 9.90. The van der Waals surface area contributed by atoms with Gasteiger partial charge in [-0.3, -0.25) is 0 Å². The first-order valence-corrected chi connectivity index (χ1v) is 8.68. The van der Waals surface area contributed by atoms with E-state index in [1.54, 1.807) is 0 Å². The maximum absolute atomic E-state index is 2.64. The van der Waals surface area contributed by atoms with E-state index in [0.717, 1.165) is 5.92 Å². The summed E-state index contributed by atoms with van der Waals surface area (Å²) >= 11 is 0. The van der Waals surface area contributed by atoms with Crippen molar-refractivity contribution in [3.05, 3.63) is 6.42 Å². The van der Waals surface area contributed by atoms with E-state index in [-0.39, 0.29) is 0 Å². The largest absolute Gasteiger partial charge is 0.0654 e. The third-order valence-corrected chi connectivity index (χ3v) is 3.91. The zero-order valence-electron chi connectivity index (χ0n) is 13.3. The molecule has 0 fully saturated rings. The summed E-state index contributed by atoms with van der Waals surface area (Å²) in [5, 5.41) is 0. The van der Waals surface area contributed by atoms with Crippen molar-refractivity contribution >= 4 is 0 Å². The average Bonchev–Trinajstić information content (AvgIpc) is 2.40. The normalized spacial score (nSPS) is 11.3. The minimum Gasteiger partial charge on any atom is -0.0654 e. The van der Waals surface area contributed by atoms with Crippen LogP contribution in [0.25, 0.3) is 0 Å². The van der Waals surface area contributed by atoms with Crippen LogP contribution >= 0.6 is 0 Å². The van der Waals surface area contributed by atoms with Crippen molar-refractivity contribution in [2.75, 3.05) is 0 Å². The molecule has 0 aliphatic rings. The second-order valence-electron chi connectivity index (χ2n) is 5.84. The van der Waals surface area contributed by atoms with Crippen molar-refractivity contribution in [2.45, 2.75) is 104 Å². The van der Waals surface area contributed by atoms with Gasteiger partial charge in [0.15, 0.2) is 0 Å². The summed E-state index contributed by atoms with van der Waals surface area (Å²) in [5.41, 5.74) is 0. The molecule has 0 N–H and O–H groups in total. The number of unbranched alkanes of at least 4 members (excludes halogenated alkanes) is 8. The van der Waals surface area contributed by atoms with Gasteiger partial charge >= 0.3 is 0 Å². The topological polar surface area (TPSA) is 0 Å². The molecule has 0 saturated carbocycles. The maximum Gasteiger partial charge on any atom is -0.0355 e. The van der Waals surface area contributed by atoms with Crippen LogP contribution in [0.4, 0.5) is 0 Å². The molecule has 0 heterocycles. The van der Waals surface area contributed by atoms with E-state index in [2.05, 4.69) is 27.2 Å². The molecule has 0 aliphatic carbocycles. The Morgan fingerprint density at radius 2 is 1.11 bits per heavy atom. The van der Waals surface area contributed by atoms with Crippen molar-refractivity contribution in [1.29, 1.82) is 0 Å². The van der Waals surface area contributed by atoms with Crippen LogP contribution in [0.3, 0.4) is 0 Å². The zero-order valence-corrected chi connectivity index (χ0v) is 13.3. The van der Waals surface area contributed by atoms with Crippen LogP contribution in [0.5, 0.6) is 0 Å². The van der Waals surface area contributed by atoms with E-state index < -0.39 is 0 Å². The predicted octanol–water partition coefficient (Wildman–Crippen LogP) is 6.94. The van der Waals surface area contributed by atoms with Gasteiger partial charge in [-0.25, -0.2) is 0 Å². The first kappa shape index (κ1) is 18.0. The Hall–Kier alpha value is 0. The molecular weight excluding hydrogens is 216 g/mol. The Bertz CT molecular complexity index is 131. The maximum atomic E-state index is 2.64. The summed E-state index contributed by atoms with van der Waals surface area (Å²) in [6.07, 6.45) is 21.0. The van der Waals surface area contributed by atoms with E-state index >= 15 is 0 Å². The molecule has 0 rings (SSSR count). The van der Waals surface area contributed by atoms with E-state index in [0.29, 0.717) is 0 Å². The first-order chi connectivity index (χ1) is 8.85. The molecule has 0 bridgehead atoms. The molecule has 0 aromatic heterocycles. The van der Waals surface area contributed by atoms with Gasteiger partial charge in [0.1, 0.15) is 0 Å². The monoisotopic (exact) mass is 253 g/mol. The molecule has 0 saturated heterocycles. The third kappa shape index (κ3) is 12.5. The molecule has 0 atom stereocenters. The fraction of sp³-hybridized carbons (Fsp3) is 0.944. The molecule has 0 unspecified atom stereocenters. The van der Waals surface area contributed by atoms with E-state index in [9.17, 15) is 0 Å². The van der Waals surface area contributed by atoms with Crippen LogP contribution < -0.4 is 0 Å². The second kappa shape index (κ2) is 15.1. The van der Waals surface area contributed by atoms with Crippen molar-refractivity contribution < 1.29 is 0 Å². The van der Waals surface area contributed by atoms with Crippen molar-refractivity contribution in [3.63, 3.8) is 0 Å². The summed E-state index contributed by atoms with van der Waals surface area (Å²) in [5.74, 6) is 0.917. The van der Waals surface area contributed by atoms with Crippen LogP contribution in [0.2, 0.25) is 0 Å². The van der Waals surface area contributed by atoms with Gasteiger partial charge in [0.25, 0.3) is 0 Å². The number of hydrogen-bond donors (Lipinski definition) is 0. The van der Waals surface area contributed by atoms with Crippen molar-refractivity contribution in [3.8, 4) is 0 Å². The molecule has 0 heteroatoms. The van der Waals surface area contributed by atoms with Crippen LogP contribution in [0.15, 0.2) is 0 Å². The van der Waals surface area contributed by atoms with Crippen molar-refractivity contribution in [1.82, 2.24) is 0 Å². The minimum absolute atomic E-state index is 0.917. The third-order valence-electron chi connectivity index (χ3n) is 3.91. The quantitative estimate of drug-likeness (QED) is 0.294. The van der Waals surface area contributed by atoms with E-state index in [4.69, 9.17) is 0 Å². The van der Waals surface area contributed by atoms with Gasteiger partial charge in [0.05, 0.1) is 0 Å². The summed E-state index contributed by atoms with van der Waals surface area (Å²) in [4.78, 5) is 0. The Kier molecular flexibility index (Phi) is 15.1. The van der Waals surface area contributed by atoms with E-state index in [1.807, 2.05) is 0 Å². The smallest absolute Gasteiger partial charge is 0.0355 e. The van der Waals surface area contributed by atoms with Gasteiger partial charge in [0, 0.05) is 0 Å². The highest BCUT2D eigenvalue weighted by Gasteiger charge is 2.07. The highest BCUT2D eigenvalue weighted by molar-refractivity contribution is 4.76. The molecule has 0 spiro atoms. The summed E-state index contributed by atoms with van der Waals surface area (Å²) in [6, 6.07) is 0. The Morgan fingerprint density at radius 3 is 1.67 bits per heavy atom. The molecule has 0 aliphatic heterocycles. The molecule has 0 nitrogen and oxygen atoms in total. The molecule has 1 radical (unpaired) electrons. The average molecular weight is 253 g/mol. The highest BCUT2D eigenvalue weighted by Crippen LogP contribution is 2.22. The van der Waals surface area contributed by atoms with Gasteiger partial charge in [-0.1, -0.05) is 97.8 Å². The van der Waals surface area contributed by atoms with Gasteiger partial charge in [0.2, 0.25) is 0 Å². The molecule has 109 valence electrons. The second-order valence-corrected chi connectivity index (χ2v) is 5.84. The fourth-order valence-corrected chi connectivity index (χ4v) is 2.59. The lowest BCUT2D eigenvalue weighted by molar-refractivity contribution is 0.451. The highest BCUT2D eigenvalue weighted by atomic mass is 14.1. The SMILES string of the molecule is CCCCCCCC[CH]C(CCCC)CCCC. The lowest BCUT2D eigenvalue weighted by Gasteiger charge is -2.15. The van der Waals surface area contributed by atoms with Gasteiger partial charge < -0.3 is 0 Å². The molecular formula is C18H37. The fourth-order valence-electron chi connectivity index (χ4n) is 2.59. The van der Waals surface area contributed by atoms with Crippen LogP contribution in [-0.2, 0) is 0 Å². The standard InChI is InChI=1S/C18H37/c1-4-7-10-11-12-13-14-17-18(15-8-5-2)16-9-6-3/h17-18H,4-16H2,1-3H3. The molecule has 18 heavy (non-hydrogen) atoms.